The Labute approximate surface area is 158 Å². The summed E-state index contributed by atoms with van der Waals surface area (Å²) in [7, 11) is 1.41. The number of hydrogen-bond donors (Lipinski definition) is 2. The number of ether oxygens (including phenoxy) is 2. The maximum absolute atomic E-state index is 11.8. The second-order valence-corrected chi connectivity index (χ2v) is 7.63. The maximum atomic E-state index is 11.8. The summed E-state index contributed by atoms with van der Waals surface area (Å²) in [5.41, 5.74) is 2.13. The molecule has 2 saturated heterocycles. The van der Waals surface area contributed by atoms with E-state index in [0.29, 0.717) is 25.6 Å². The van der Waals surface area contributed by atoms with Gasteiger partial charge in [-0.05, 0) is 30.0 Å². The number of fused-ring (bicyclic) bond motifs is 1. The van der Waals surface area contributed by atoms with Gasteiger partial charge >= 0.3 is 6.09 Å². The van der Waals surface area contributed by atoms with Crippen molar-refractivity contribution in [2.45, 2.75) is 31.3 Å². The van der Waals surface area contributed by atoms with Crippen LogP contribution in [0.2, 0.25) is 0 Å². The van der Waals surface area contributed by atoms with Gasteiger partial charge in [0, 0.05) is 37.7 Å². The zero-order valence-electron chi connectivity index (χ0n) is 15.6. The molecule has 4 rings (SSSR count). The maximum Gasteiger partial charge on any atom is 0.409 e. The zero-order valence-corrected chi connectivity index (χ0v) is 15.6. The average Bonchev–Trinajstić information content (AvgIpc) is 3.03. The smallest absolute Gasteiger partial charge is 0.409 e. The highest BCUT2D eigenvalue weighted by Gasteiger charge is 2.61. The Balaban J connectivity index is 1.42. The highest BCUT2D eigenvalue weighted by molar-refractivity contribution is 5.72. The van der Waals surface area contributed by atoms with Crippen molar-refractivity contribution in [2.24, 2.45) is 5.92 Å². The number of aliphatic hydroxyl groups excluding tert-OH is 1. The predicted molar refractivity (Wildman–Crippen MR) is 97.1 cm³/mol. The van der Waals surface area contributed by atoms with Gasteiger partial charge in [0.05, 0.1) is 19.8 Å². The Morgan fingerprint density at radius 3 is 2.74 bits per heavy atom. The van der Waals surface area contributed by atoms with Gasteiger partial charge in [-0.1, -0.05) is 12.1 Å². The molecule has 1 aromatic carbocycles. The zero-order chi connectivity index (χ0) is 19.2. The Kier molecular flexibility index (Phi) is 4.47. The van der Waals surface area contributed by atoms with Gasteiger partial charge in [-0.25, -0.2) is 4.79 Å². The molecule has 4 unspecified atom stereocenters. The third kappa shape index (κ3) is 3.23. The van der Waals surface area contributed by atoms with Gasteiger partial charge < -0.3 is 29.7 Å². The number of aliphatic hydroxyl groups is 1. The minimum atomic E-state index is -1.03. The van der Waals surface area contributed by atoms with Crippen LogP contribution in [0.4, 0.5) is 10.5 Å². The van der Waals surface area contributed by atoms with Crippen molar-refractivity contribution in [3.63, 3.8) is 0 Å². The molecule has 2 amide bonds. The number of likely N-dealkylation sites (tertiary alicyclic amines) is 1. The first kappa shape index (κ1) is 18.1. The molecule has 0 radical (unpaired) electrons. The molecule has 1 aliphatic carbocycles. The van der Waals surface area contributed by atoms with Gasteiger partial charge in [0.2, 0.25) is 12.3 Å². The SMILES string of the molecule is COC(=O)N1CC2CC2(c2ccc(N3CC(CNC(C)=O)OC3O)cc2)C1. The first-order valence-corrected chi connectivity index (χ1v) is 9.21. The Morgan fingerprint density at radius 1 is 1.33 bits per heavy atom. The molecular weight excluding hydrogens is 350 g/mol. The first-order valence-electron chi connectivity index (χ1n) is 9.21. The summed E-state index contributed by atoms with van der Waals surface area (Å²) < 4.78 is 10.3. The van der Waals surface area contributed by atoms with E-state index in [0.717, 1.165) is 18.7 Å². The van der Waals surface area contributed by atoms with Gasteiger partial charge in [0.15, 0.2) is 0 Å². The second kappa shape index (κ2) is 6.69. The number of methoxy groups -OCH3 is 1. The lowest BCUT2D eigenvalue weighted by Gasteiger charge is -2.22. The molecule has 1 aromatic rings. The molecule has 0 spiro atoms. The van der Waals surface area contributed by atoms with Crippen molar-refractivity contribution in [3.8, 4) is 0 Å². The highest BCUT2D eigenvalue weighted by atomic mass is 16.6. The number of benzene rings is 1. The van der Waals surface area contributed by atoms with Gasteiger partial charge in [-0.2, -0.15) is 0 Å². The average molecular weight is 375 g/mol. The third-order valence-electron chi connectivity index (χ3n) is 5.91. The lowest BCUT2D eigenvalue weighted by Crippen LogP contribution is -2.33. The fraction of sp³-hybridized carbons (Fsp3) is 0.579. The van der Waals surface area contributed by atoms with Crippen LogP contribution >= 0.6 is 0 Å². The molecule has 8 nitrogen and oxygen atoms in total. The summed E-state index contributed by atoms with van der Waals surface area (Å²) in [4.78, 5) is 26.4. The fourth-order valence-corrected chi connectivity index (χ4v) is 4.38. The van der Waals surface area contributed by atoms with Crippen molar-refractivity contribution >= 4 is 17.7 Å². The van der Waals surface area contributed by atoms with Crippen LogP contribution in [0.1, 0.15) is 18.9 Å². The van der Waals surface area contributed by atoms with E-state index in [9.17, 15) is 14.7 Å². The first-order chi connectivity index (χ1) is 12.9. The van der Waals surface area contributed by atoms with Crippen molar-refractivity contribution in [3.05, 3.63) is 29.8 Å². The van der Waals surface area contributed by atoms with Crippen LogP contribution in [0.3, 0.4) is 0 Å². The van der Waals surface area contributed by atoms with E-state index in [2.05, 4.69) is 17.4 Å². The normalized spacial score (nSPS) is 31.6. The van der Waals surface area contributed by atoms with E-state index in [4.69, 9.17) is 9.47 Å². The van der Waals surface area contributed by atoms with Gasteiger partial charge in [-0.15, -0.1) is 0 Å². The van der Waals surface area contributed by atoms with E-state index >= 15 is 0 Å². The van der Waals surface area contributed by atoms with Crippen LogP contribution in [-0.2, 0) is 19.7 Å². The standard InChI is InChI=1S/C19H25N3O5/c1-12(23)20-8-16-10-22(18(25)27-16)15-5-3-13(4-6-15)19-7-14(19)9-21(11-19)17(24)26-2/h3-6,14,16,18,25H,7-11H2,1-2H3,(H,20,23). The van der Waals surface area contributed by atoms with Crippen molar-refractivity contribution in [1.82, 2.24) is 10.2 Å². The molecule has 2 heterocycles. The molecule has 4 atom stereocenters. The number of nitrogens with zero attached hydrogens (tertiary/aromatic N) is 2. The molecule has 2 N–H and O–H groups in total. The van der Waals surface area contributed by atoms with Gasteiger partial charge in [0.25, 0.3) is 0 Å². The van der Waals surface area contributed by atoms with E-state index in [-0.39, 0.29) is 23.5 Å². The molecule has 3 aliphatic rings. The molecule has 146 valence electrons. The number of nitrogens with one attached hydrogen (secondary N) is 1. The summed E-state index contributed by atoms with van der Waals surface area (Å²) in [5.74, 6) is 0.372. The predicted octanol–water partition coefficient (Wildman–Crippen LogP) is 0.644. The molecule has 1 saturated carbocycles. The number of hydrogen-bond acceptors (Lipinski definition) is 6. The molecule has 0 aromatic heterocycles. The van der Waals surface area contributed by atoms with Crippen LogP contribution < -0.4 is 10.2 Å². The van der Waals surface area contributed by atoms with Crippen molar-refractivity contribution in [1.29, 1.82) is 0 Å². The minimum absolute atomic E-state index is 0.0424. The fourth-order valence-electron chi connectivity index (χ4n) is 4.38. The lowest BCUT2D eigenvalue weighted by atomic mass is 9.95. The van der Waals surface area contributed by atoms with Crippen molar-refractivity contribution in [2.75, 3.05) is 38.2 Å². The number of amides is 2. The van der Waals surface area contributed by atoms with E-state index in [1.165, 1.54) is 19.6 Å². The molecular formula is C19H25N3O5. The molecule has 27 heavy (non-hydrogen) atoms. The number of anilines is 1. The van der Waals surface area contributed by atoms with E-state index in [1.807, 2.05) is 12.1 Å². The van der Waals surface area contributed by atoms with Crippen LogP contribution in [0.15, 0.2) is 24.3 Å². The van der Waals surface area contributed by atoms with Crippen LogP contribution in [-0.4, -0.2) is 67.8 Å². The Morgan fingerprint density at radius 2 is 2.07 bits per heavy atom. The molecule has 2 aliphatic heterocycles. The second-order valence-electron chi connectivity index (χ2n) is 7.63. The van der Waals surface area contributed by atoms with Gasteiger partial charge in [-0.3, -0.25) is 4.79 Å². The number of piperidine rings is 1. The highest BCUT2D eigenvalue weighted by Crippen LogP contribution is 2.59. The van der Waals surface area contributed by atoms with Crippen LogP contribution in [0, 0.1) is 5.92 Å². The lowest BCUT2D eigenvalue weighted by molar-refractivity contribution is -0.121. The third-order valence-corrected chi connectivity index (χ3v) is 5.91. The quantitative estimate of drug-likeness (QED) is 0.803. The summed E-state index contributed by atoms with van der Waals surface area (Å²) in [5, 5.41) is 12.9. The summed E-state index contributed by atoms with van der Waals surface area (Å²) in [6, 6.07) is 8.11. The number of rotatable bonds is 4. The molecule has 0 bridgehead atoms. The monoisotopic (exact) mass is 375 g/mol. The summed E-state index contributed by atoms with van der Waals surface area (Å²) >= 11 is 0. The molecule has 3 fully saturated rings. The topological polar surface area (TPSA) is 91.3 Å². The number of carbonyl (C=O) groups is 2. The Bertz CT molecular complexity index is 739. The number of carbonyl (C=O) groups excluding carboxylic acids is 2. The van der Waals surface area contributed by atoms with Crippen molar-refractivity contribution < 1.29 is 24.2 Å². The minimum Gasteiger partial charge on any atom is -0.453 e. The Hall–Kier alpha value is -2.32. The van der Waals surface area contributed by atoms with Crippen LogP contribution in [0.25, 0.3) is 0 Å². The largest absolute Gasteiger partial charge is 0.453 e. The summed E-state index contributed by atoms with van der Waals surface area (Å²) in [6.45, 7) is 3.77. The molecule has 8 heteroatoms. The van der Waals surface area contributed by atoms with E-state index in [1.54, 1.807) is 9.80 Å². The summed E-state index contributed by atoms with van der Waals surface area (Å²) in [6.07, 6.45) is -0.449. The van der Waals surface area contributed by atoms with E-state index < -0.39 is 6.41 Å². The van der Waals surface area contributed by atoms with Crippen LogP contribution in [0.5, 0.6) is 0 Å². The van der Waals surface area contributed by atoms with Gasteiger partial charge in [0.1, 0.15) is 0 Å².